The van der Waals surface area contributed by atoms with Crippen LogP contribution in [0.15, 0.2) is 109 Å². The molecule has 7 amide bonds. The van der Waals surface area contributed by atoms with Gasteiger partial charge in [0.05, 0.1) is 56.8 Å². The lowest BCUT2D eigenvalue weighted by Crippen LogP contribution is -2.52. The Kier molecular flexibility index (Phi) is 22.8. The summed E-state index contributed by atoms with van der Waals surface area (Å²) in [5.74, 6) is 2.45. The number of thiol groups is 1. The minimum absolute atomic E-state index is 0.00460. The molecule has 3 fully saturated rings. The van der Waals surface area contributed by atoms with Gasteiger partial charge >= 0.3 is 13.5 Å². The van der Waals surface area contributed by atoms with Gasteiger partial charge in [0.2, 0.25) is 41.4 Å². The van der Waals surface area contributed by atoms with Crippen LogP contribution in [0, 0.1) is 11.8 Å². The maximum absolute atomic E-state index is 14.1. The molecule has 4 aromatic heterocycles. The Balaban J connectivity index is 0.570. The lowest BCUT2D eigenvalue weighted by atomic mass is 10.0. The molecule has 0 saturated carbocycles. The molecule has 34 nitrogen and oxygen atoms in total. The monoisotopic (exact) mass is 1470 g/mol. The van der Waals surface area contributed by atoms with Crippen molar-refractivity contribution in [2.24, 2.45) is 0 Å². The molecule has 0 aliphatic carbocycles. The van der Waals surface area contributed by atoms with Crippen molar-refractivity contribution in [3.05, 3.63) is 142 Å². The van der Waals surface area contributed by atoms with E-state index in [0.717, 1.165) is 33.1 Å². The standard InChI is InChI=1S/C63H69N15O19P2S2/c79-45(18-19-50(84)76-27-39-13-5-4-11-37(39)16-17-38-12-6-7-15-42(38)76)66-24-46(80)67-26-48(82)74-41(23-36-9-2-1-3-10-36)60(87)68-25-47(81)73-35-91-31-49(83)64-21-22-75-33-72-59-52(61(75)88)71-34-78(59)63-56-53(85)43(94-63)29-92-98(89,100)96-55-44(30-93-99(90,101)97-56)95-62(54(55)86)77-28-40-14-8-20-65-57-51(40)58(77)70-32-69-57/h1-7,9-13,15,28,32-34,41,43-44,53-56,62-63,85-86H,8,14,18-27,29-31,35H2,(H,64,83)(H,66,79)(H,67,80)(H,68,87)(H,73,81)(H,74,82)(H,89,100)(H,90,101)(H,65,69,70)/t41-,43+,44+,53+,54+,55+,56+,62+,63+,98?,99?/m0/s1. The third kappa shape index (κ3) is 17.4. The van der Waals surface area contributed by atoms with Crippen molar-refractivity contribution in [2.45, 2.75) is 100 Å². The van der Waals surface area contributed by atoms with Crippen molar-refractivity contribution in [2.75, 3.05) is 69.5 Å². The van der Waals surface area contributed by atoms with Gasteiger partial charge in [0, 0.05) is 56.2 Å². The van der Waals surface area contributed by atoms with Gasteiger partial charge in [-0.25, -0.2) is 24.5 Å². The van der Waals surface area contributed by atoms with E-state index in [2.05, 4.69) is 81.2 Å². The van der Waals surface area contributed by atoms with Crippen LogP contribution in [0.4, 0.5) is 11.5 Å². The van der Waals surface area contributed by atoms with E-state index < -0.39 is 156 Å². The predicted octanol–water partition coefficient (Wildman–Crippen LogP) is -0.00610. The lowest BCUT2D eigenvalue weighted by Gasteiger charge is -2.27. The number of anilines is 2. The van der Waals surface area contributed by atoms with Crippen molar-refractivity contribution < 1.29 is 85.5 Å². The van der Waals surface area contributed by atoms with Crippen LogP contribution in [0.2, 0.25) is 0 Å². The minimum Gasteiger partial charge on any atom is -0.387 e. The lowest BCUT2D eigenvalue weighted by molar-refractivity contribution is -0.131. The fourth-order valence-corrected chi connectivity index (χ4v) is 14.8. The van der Waals surface area contributed by atoms with Crippen LogP contribution >= 0.6 is 25.8 Å². The number of imidazole rings is 1. The number of ether oxygens (including phenoxy) is 3. The van der Waals surface area contributed by atoms with Gasteiger partial charge in [-0.1, -0.05) is 84.8 Å². The number of hydrogen-bond acceptors (Lipinski definition) is 24. The molecule has 2 bridgehead atoms. The van der Waals surface area contributed by atoms with Crippen molar-refractivity contribution in [1.82, 2.24) is 65.5 Å². The second kappa shape index (κ2) is 32.0. The summed E-state index contributed by atoms with van der Waals surface area (Å²) in [7, 11) is 0. The van der Waals surface area contributed by atoms with Crippen LogP contribution in [0.5, 0.6) is 0 Å². The van der Waals surface area contributed by atoms with Gasteiger partial charge in [0.15, 0.2) is 23.6 Å². The van der Waals surface area contributed by atoms with Crippen molar-refractivity contribution in [3.63, 3.8) is 0 Å². The fraction of sp³-hybridized carbons (Fsp3) is 0.397. The summed E-state index contributed by atoms with van der Waals surface area (Å²) in [6.07, 6.45) is -4.79. The number of aliphatic hydroxyl groups excluding tert-OH is 2. The first-order valence-corrected chi connectivity index (χ1v) is 37.2. The van der Waals surface area contributed by atoms with Crippen LogP contribution in [-0.2, 0) is 108 Å². The zero-order chi connectivity index (χ0) is 71.0. The molecule has 10 N–H and O–H groups in total. The maximum atomic E-state index is 14.1. The Morgan fingerprint density at radius 2 is 1.46 bits per heavy atom. The topological polar surface area (TPSA) is 433 Å². The van der Waals surface area contributed by atoms with E-state index in [1.807, 2.05) is 36.4 Å². The molecule has 9 heterocycles. The highest BCUT2D eigenvalue weighted by Gasteiger charge is 2.53. The highest BCUT2D eigenvalue weighted by atomic mass is 32.7. The summed E-state index contributed by atoms with van der Waals surface area (Å²) in [6.45, 7) is -11.9. The average molecular weight is 1470 g/mol. The summed E-state index contributed by atoms with van der Waals surface area (Å²) in [4.78, 5) is 135. The number of fused-ring (bicyclic) bond motifs is 6. The number of hydrogen-bond donors (Lipinski definition) is 11. The molecule has 0 radical (unpaired) electrons. The Hall–Kier alpha value is -8.89. The van der Waals surface area contributed by atoms with E-state index in [-0.39, 0.29) is 56.0 Å². The number of carbonyl (C=O) groups is 7. The SMILES string of the molecule is O=C(CCC(=O)N1Cc2ccccc2C#Cc2ccccc21)NCC(=O)NCC(=O)N[C@@H](Cc1ccccc1)C(=O)NCC(=O)NCOCC(=O)NCCn1cnc2c(ncn2[C@@H]2O[C@@H]3COP(O)(=S)O[C@H]4[C@@H](O)[C@H](n5cc6c7c(ncnc75)NCCC6)O[C@@H]4COP(=O)(S)O[C@@H]2[C@@H]3O)c1=O. The third-order valence-electron chi connectivity index (χ3n) is 16.9. The molecule has 532 valence electrons. The second-order valence-electron chi connectivity index (χ2n) is 23.8. The molecule has 3 aromatic carbocycles. The predicted molar refractivity (Wildman–Crippen MR) is 363 cm³/mol. The van der Waals surface area contributed by atoms with Crippen LogP contribution in [0.3, 0.4) is 0 Å². The van der Waals surface area contributed by atoms with Crippen LogP contribution in [-0.4, -0.2) is 192 Å². The largest absolute Gasteiger partial charge is 0.387 e. The average Bonchev–Trinajstić information content (AvgIpc) is 1.62. The van der Waals surface area contributed by atoms with Gasteiger partial charge in [0.1, 0.15) is 80.1 Å². The summed E-state index contributed by atoms with van der Waals surface area (Å²) < 4.78 is 59.0. The summed E-state index contributed by atoms with van der Waals surface area (Å²) in [6, 6.07) is 22.2. The molecule has 5 aliphatic heterocycles. The molecular formula is C63H69N15O19P2S2. The molecule has 38 heteroatoms. The molecule has 2 unspecified atom stereocenters. The van der Waals surface area contributed by atoms with E-state index in [0.29, 0.717) is 41.2 Å². The number of para-hydroxylation sites is 1. The Labute approximate surface area is 584 Å². The maximum Gasteiger partial charge on any atom is 0.386 e. The van der Waals surface area contributed by atoms with Gasteiger partial charge in [-0.15, -0.1) is 0 Å². The van der Waals surface area contributed by atoms with Gasteiger partial charge in [-0.2, -0.15) is 0 Å². The number of nitrogens with zero attached hydrogens (tertiary/aromatic N) is 8. The van der Waals surface area contributed by atoms with Gasteiger partial charge in [-0.3, -0.25) is 61.1 Å². The summed E-state index contributed by atoms with van der Waals surface area (Å²) >= 11 is 9.60. The van der Waals surface area contributed by atoms with Gasteiger partial charge in [0.25, 0.3) is 5.56 Å². The number of nitrogens with one attached hydrogen (secondary N) is 7. The molecule has 101 heavy (non-hydrogen) atoms. The number of amides is 7. The molecule has 11 atom stereocenters. The Morgan fingerprint density at radius 1 is 0.733 bits per heavy atom. The van der Waals surface area contributed by atoms with Crippen LogP contribution in [0.1, 0.15) is 59.5 Å². The number of rotatable bonds is 22. The zero-order valence-corrected chi connectivity index (χ0v) is 57.0. The van der Waals surface area contributed by atoms with Gasteiger partial charge < -0.3 is 80.5 Å². The van der Waals surface area contributed by atoms with Gasteiger partial charge in [-0.05, 0) is 59.5 Å². The quantitative estimate of drug-likeness (QED) is 0.0140. The normalized spacial score (nSPS) is 24.1. The van der Waals surface area contributed by atoms with Crippen LogP contribution in [0.25, 0.3) is 22.2 Å². The minimum atomic E-state index is -4.51. The number of benzene rings is 3. The third-order valence-corrected chi connectivity index (χ3v) is 20.1. The molecule has 5 aliphatic rings. The van der Waals surface area contributed by atoms with E-state index in [4.69, 9.17) is 44.1 Å². The Morgan fingerprint density at radius 3 is 2.29 bits per heavy atom. The summed E-state index contributed by atoms with van der Waals surface area (Å²) in [5, 5.41) is 42.2. The molecular weight excluding hydrogens is 1400 g/mol. The first-order valence-electron chi connectivity index (χ1n) is 31.9. The first-order chi connectivity index (χ1) is 48.7. The molecule has 7 aromatic rings. The van der Waals surface area contributed by atoms with Crippen molar-refractivity contribution >= 4 is 113 Å². The second-order valence-corrected chi connectivity index (χ2v) is 29.5. The summed E-state index contributed by atoms with van der Waals surface area (Å²) in [5.41, 5.74) is 4.01. The highest BCUT2D eigenvalue weighted by molar-refractivity contribution is 8.44. The number of aliphatic hydroxyl groups is 2. The van der Waals surface area contributed by atoms with E-state index in [1.165, 1.54) is 23.5 Å². The highest BCUT2D eigenvalue weighted by Crippen LogP contribution is 2.58. The number of carbonyl (C=O) groups excluding carboxylic acids is 7. The number of aromatic nitrogens is 7. The molecule has 3 saturated heterocycles. The fourth-order valence-electron chi connectivity index (χ4n) is 11.9. The van der Waals surface area contributed by atoms with E-state index in [9.17, 15) is 58.0 Å². The van der Waals surface area contributed by atoms with E-state index >= 15 is 0 Å². The zero-order valence-electron chi connectivity index (χ0n) is 53.5. The number of aryl methyl sites for hydroxylation is 1. The first kappa shape index (κ1) is 71.9. The Bertz CT molecular complexity index is 4540. The smallest absolute Gasteiger partial charge is 0.386 e. The molecule has 0 spiro atoms. The van der Waals surface area contributed by atoms with Crippen molar-refractivity contribution in [3.8, 4) is 11.8 Å². The molecule has 12 rings (SSSR count). The van der Waals surface area contributed by atoms with E-state index in [1.54, 1.807) is 58.1 Å². The van der Waals surface area contributed by atoms with Crippen molar-refractivity contribution in [1.29, 1.82) is 0 Å². The van der Waals surface area contributed by atoms with Crippen LogP contribution < -0.4 is 47.7 Å².